The van der Waals surface area contributed by atoms with Gasteiger partial charge in [-0.05, 0) is 37.3 Å². The van der Waals surface area contributed by atoms with Crippen LogP contribution in [0.25, 0.3) is 10.2 Å². The summed E-state index contributed by atoms with van der Waals surface area (Å²) in [4.78, 5) is 20.8. The van der Waals surface area contributed by atoms with Crippen molar-refractivity contribution in [1.29, 1.82) is 0 Å². The number of thiophene rings is 1. The summed E-state index contributed by atoms with van der Waals surface area (Å²) in [7, 11) is 0. The van der Waals surface area contributed by atoms with E-state index in [1.807, 2.05) is 17.9 Å². The van der Waals surface area contributed by atoms with Crippen LogP contribution in [0.4, 0.5) is 5.69 Å². The molecule has 1 aliphatic heterocycles. The predicted octanol–water partition coefficient (Wildman–Crippen LogP) is 3.45. The van der Waals surface area contributed by atoms with Crippen molar-refractivity contribution in [2.45, 2.75) is 39.7 Å². The van der Waals surface area contributed by atoms with Crippen LogP contribution in [0.3, 0.4) is 0 Å². The second kappa shape index (κ2) is 5.30. The Bertz CT molecular complexity index is 692. The number of hydrogen-bond acceptors (Lipinski definition) is 4. The van der Waals surface area contributed by atoms with Gasteiger partial charge < -0.3 is 10.6 Å². The monoisotopic (exact) mass is 303 g/mol. The number of hydrogen-bond donors (Lipinski definition) is 1. The molecule has 0 saturated carbocycles. The van der Waals surface area contributed by atoms with Gasteiger partial charge in [0.2, 0.25) is 0 Å². The quantitative estimate of drug-likeness (QED) is 0.924. The fourth-order valence-corrected chi connectivity index (χ4v) is 4.33. The minimum absolute atomic E-state index is 0.0751. The molecule has 1 unspecified atom stereocenters. The van der Waals surface area contributed by atoms with Crippen LogP contribution in [-0.4, -0.2) is 28.4 Å². The number of carbonyl (C=O) groups is 1. The Hall–Kier alpha value is -1.62. The number of nitrogens with two attached hydrogens (primary N) is 1. The molecule has 0 radical (unpaired) electrons. The number of pyridine rings is 1. The summed E-state index contributed by atoms with van der Waals surface area (Å²) in [6.45, 7) is 7.20. The van der Waals surface area contributed by atoms with Gasteiger partial charge in [-0.25, -0.2) is 4.98 Å². The highest BCUT2D eigenvalue weighted by Gasteiger charge is 2.33. The summed E-state index contributed by atoms with van der Waals surface area (Å²) in [6, 6.07) is 2.27. The highest BCUT2D eigenvalue weighted by molar-refractivity contribution is 7.21. The lowest BCUT2D eigenvalue weighted by Gasteiger charge is -2.27. The zero-order valence-corrected chi connectivity index (χ0v) is 13.5. The number of likely N-dealkylation sites (tertiary alicyclic amines) is 1. The van der Waals surface area contributed by atoms with Crippen molar-refractivity contribution in [3.63, 3.8) is 0 Å². The molecule has 0 aromatic carbocycles. The molecule has 0 bridgehead atoms. The van der Waals surface area contributed by atoms with E-state index >= 15 is 0 Å². The van der Waals surface area contributed by atoms with Gasteiger partial charge in [0, 0.05) is 24.2 Å². The van der Waals surface area contributed by atoms with E-state index in [0.717, 1.165) is 35.2 Å². The van der Waals surface area contributed by atoms with Crippen LogP contribution in [0.2, 0.25) is 0 Å². The molecule has 1 atom stereocenters. The molecule has 2 aromatic heterocycles. The smallest absolute Gasteiger partial charge is 0.266 e. The lowest BCUT2D eigenvalue weighted by molar-refractivity contribution is 0.0707. The highest BCUT2D eigenvalue weighted by Crippen LogP contribution is 2.36. The van der Waals surface area contributed by atoms with E-state index in [0.29, 0.717) is 22.5 Å². The molecule has 5 heteroatoms. The number of nitrogens with zero attached hydrogens (tertiary/aromatic N) is 2. The maximum atomic E-state index is 12.9. The summed E-state index contributed by atoms with van der Waals surface area (Å²) in [6.07, 6.45) is 3.94. The third-order valence-electron chi connectivity index (χ3n) is 4.36. The average molecular weight is 303 g/mol. The van der Waals surface area contributed by atoms with Crippen molar-refractivity contribution in [2.24, 2.45) is 5.92 Å². The topological polar surface area (TPSA) is 59.2 Å². The Morgan fingerprint density at radius 3 is 2.95 bits per heavy atom. The van der Waals surface area contributed by atoms with E-state index in [1.165, 1.54) is 11.3 Å². The number of aryl methyl sites for hydroxylation is 1. The molecule has 21 heavy (non-hydrogen) atoms. The van der Waals surface area contributed by atoms with Crippen LogP contribution in [0.15, 0.2) is 12.3 Å². The van der Waals surface area contributed by atoms with Gasteiger partial charge in [-0.15, -0.1) is 11.3 Å². The molecule has 1 aliphatic rings. The van der Waals surface area contributed by atoms with Crippen LogP contribution in [0.5, 0.6) is 0 Å². The molecule has 4 nitrogen and oxygen atoms in total. The SMILES string of the molecule is Cc1ccnc2sc(C(=O)N3CCCC3C(C)C)c(N)c12. The minimum Gasteiger partial charge on any atom is -0.397 e. The fourth-order valence-electron chi connectivity index (χ4n) is 3.23. The zero-order valence-electron chi connectivity index (χ0n) is 12.7. The van der Waals surface area contributed by atoms with Gasteiger partial charge in [0.15, 0.2) is 0 Å². The highest BCUT2D eigenvalue weighted by atomic mass is 32.1. The Morgan fingerprint density at radius 1 is 1.52 bits per heavy atom. The molecule has 2 N–H and O–H groups in total. The molecule has 3 rings (SSSR count). The maximum absolute atomic E-state index is 12.9. The molecule has 112 valence electrons. The number of carbonyl (C=O) groups excluding carboxylic acids is 1. The molecule has 1 saturated heterocycles. The van der Waals surface area contributed by atoms with Crippen LogP contribution < -0.4 is 5.73 Å². The van der Waals surface area contributed by atoms with Gasteiger partial charge in [0.05, 0.1) is 5.69 Å². The lowest BCUT2D eigenvalue weighted by Crippen LogP contribution is -2.38. The Balaban J connectivity index is 2.02. The molecule has 1 amide bonds. The van der Waals surface area contributed by atoms with Crippen molar-refractivity contribution in [3.05, 3.63) is 22.7 Å². The standard InChI is InChI=1S/C16H21N3OS/c1-9(2)11-5-4-8-19(11)16(20)14-13(17)12-10(3)6-7-18-15(12)21-14/h6-7,9,11H,4-5,8,17H2,1-3H3. The normalized spacial score (nSPS) is 18.9. The van der Waals surface area contributed by atoms with Crippen molar-refractivity contribution in [2.75, 3.05) is 12.3 Å². The summed E-state index contributed by atoms with van der Waals surface area (Å²) >= 11 is 1.42. The minimum atomic E-state index is 0.0751. The van der Waals surface area contributed by atoms with Gasteiger partial charge in [0.1, 0.15) is 9.71 Å². The van der Waals surface area contributed by atoms with E-state index in [9.17, 15) is 4.79 Å². The molecule has 0 spiro atoms. The van der Waals surface area contributed by atoms with Crippen LogP contribution in [-0.2, 0) is 0 Å². The summed E-state index contributed by atoms with van der Waals surface area (Å²) in [5.74, 6) is 0.554. The number of aromatic nitrogens is 1. The fraction of sp³-hybridized carbons (Fsp3) is 0.500. The molecular formula is C16H21N3OS. The van der Waals surface area contributed by atoms with Gasteiger partial charge in [-0.2, -0.15) is 0 Å². The number of amides is 1. The van der Waals surface area contributed by atoms with Crippen LogP contribution in [0.1, 0.15) is 41.9 Å². The first-order valence-corrected chi connectivity index (χ1v) is 8.27. The number of anilines is 1. The van der Waals surface area contributed by atoms with Crippen LogP contribution >= 0.6 is 11.3 Å². The van der Waals surface area contributed by atoms with Crippen molar-refractivity contribution >= 4 is 33.1 Å². The molecule has 0 aliphatic carbocycles. The first-order valence-electron chi connectivity index (χ1n) is 7.45. The zero-order chi connectivity index (χ0) is 15.1. The van der Waals surface area contributed by atoms with Crippen molar-refractivity contribution < 1.29 is 4.79 Å². The Labute approximate surface area is 129 Å². The van der Waals surface area contributed by atoms with Crippen molar-refractivity contribution in [1.82, 2.24) is 9.88 Å². The Kier molecular flexibility index (Phi) is 3.61. The number of fused-ring (bicyclic) bond motifs is 1. The number of rotatable bonds is 2. The largest absolute Gasteiger partial charge is 0.397 e. The van der Waals surface area contributed by atoms with Gasteiger partial charge in [-0.1, -0.05) is 13.8 Å². The summed E-state index contributed by atoms with van der Waals surface area (Å²) < 4.78 is 0. The van der Waals surface area contributed by atoms with E-state index in [1.54, 1.807) is 6.20 Å². The number of nitrogen functional groups attached to an aromatic ring is 1. The predicted molar refractivity (Wildman–Crippen MR) is 87.7 cm³/mol. The second-order valence-corrected chi connectivity index (χ2v) is 7.10. The average Bonchev–Trinajstić information content (AvgIpc) is 3.04. The molecule has 1 fully saturated rings. The lowest BCUT2D eigenvalue weighted by atomic mass is 10.0. The van der Waals surface area contributed by atoms with Crippen molar-refractivity contribution in [3.8, 4) is 0 Å². The van der Waals surface area contributed by atoms with E-state index in [-0.39, 0.29) is 5.91 Å². The van der Waals surface area contributed by atoms with Gasteiger partial charge in [-0.3, -0.25) is 4.79 Å². The first kappa shape index (κ1) is 14.3. The second-order valence-electron chi connectivity index (χ2n) is 6.11. The molecule has 3 heterocycles. The van der Waals surface area contributed by atoms with E-state index in [4.69, 9.17) is 5.73 Å². The molecule has 2 aromatic rings. The molecular weight excluding hydrogens is 282 g/mol. The summed E-state index contributed by atoms with van der Waals surface area (Å²) in [5.41, 5.74) is 7.93. The maximum Gasteiger partial charge on any atom is 0.266 e. The third kappa shape index (κ3) is 2.29. The Morgan fingerprint density at radius 2 is 2.29 bits per heavy atom. The third-order valence-corrected chi connectivity index (χ3v) is 5.46. The summed E-state index contributed by atoms with van der Waals surface area (Å²) in [5, 5.41) is 0.936. The van der Waals surface area contributed by atoms with Crippen LogP contribution in [0, 0.1) is 12.8 Å². The first-order chi connectivity index (χ1) is 10.0. The van der Waals surface area contributed by atoms with E-state index in [2.05, 4.69) is 18.8 Å². The van der Waals surface area contributed by atoms with Gasteiger partial charge in [0.25, 0.3) is 5.91 Å². The van der Waals surface area contributed by atoms with Gasteiger partial charge >= 0.3 is 0 Å². The van der Waals surface area contributed by atoms with E-state index < -0.39 is 0 Å².